The molecule has 2 aromatic heterocycles. The van der Waals surface area contributed by atoms with Gasteiger partial charge in [-0.2, -0.15) is 8.78 Å². The van der Waals surface area contributed by atoms with Gasteiger partial charge in [-0.15, -0.1) is 0 Å². The SMILES string of the molecule is Cc1nc(N[C@H](C)c2cccc3c2OCC3(F)F)c2cn(C3(C)CC3)c(=O)cc2n1. The number of benzene rings is 1. The van der Waals surface area contributed by atoms with Crippen LogP contribution in [-0.2, 0) is 11.5 Å². The smallest absolute Gasteiger partial charge is 0.310 e. The first-order valence-corrected chi connectivity index (χ1v) is 10.0. The molecule has 0 amide bonds. The number of pyridine rings is 1. The largest absolute Gasteiger partial charge is 0.486 e. The van der Waals surface area contributed by atoms with Crippen LogP contribution in [0.25, 0.3) is 10.9 Å². The Morgan fingerprint density at radius 1 is 1.27 bits per heavy atom. The summed E-state index contributed by atoms with van der Waals surface area (Å²) >= 11 is 0. The molecule has 1 aliphatic carbocycles. The number of hydrogen-bond acceptors (Lipinski definition) is 5. The molecular formula is C22H22F2N4O2. The third kappa shape index (κ3) is 2.93. The van der Waals surface area contributed by atoms with Crippen molar-refractivity contribution in [2.75, 3.05) is 11.9 Å². The highest BCUT2D eigenvalue weighted by Gasteiger charge is 2.43. The molecule has 1 aromatic carbocycles. The van der Waals surface area contributed by atoms with E-state index in [1.807, 2.05) is 6.92 Å². The lowest BCUT2D eigenvalue weighted by Crippen LogP contribution is -2.27. The maximum Gasteiger partial charge on any atom is 0.310 e. The van der Waals surface area contributed by atoms with Crippen LogP contribution in [0.2, 0.25) is 0 Å². The van der Waals surface area contributed by atoms with Crippen LogP contribution in [0, 0.1) is 6.92 Å². The summed E-state index contributed by atoms with van der Waals surface area (Å²) in [6.45, 7) is 5.03. The minimum Gasteiger partial charge on any atom is -0.486 e. The van der Waals surface area contributed by atoms with Crippen molar-refractivity contribution in [3.8, 4) is 5.75 Å². The van der Waals surface area contributed by atoms with Gasteiger partial charge in [0, 0.05) is 23.4 Å². The van der Waals surface area contributed by atoms with Crippen LogP contribution in [0.3, 0.4) is 0 Å². The van der Waals surface area contributed by atoms with Gasteiger partial charge in [-0.1, -0.05) is 12.1 Å². The molecule has 156 valence electrons. The van der Waals surface area contributed by atoms with E-state index in [9.17, 15) is 13.6 Å². The van der Waals surface area contributed by atoms with Crippen LogP contribution in [0.4, 0.5) is 14.6 Å². The Bertz CT molecular complexity index is 1230. The van der Waals surface area contributed by atoms with Gasteiger partial charge in [-0.3, -0.25) is 4.79 Å². The summed E-state index contributed by atoms with van der Waals surface area (Å²) < 4.78 is 35.2. The Hall–Kier alpha value is -3.03. The van der Waals surface area contributed by atoms with Crippen molar-refractivity contribution >= 4 is 16.7 Å². The number of nitrogens with zero attached hydrogens (tertiary/aromatic N) is 3. The summed E-state index contributed by atoms with van der Waals surface area (Å²) in [5, 5.41) is 4.05. The lowest BCUT2D eigenvalue weighted by molar-refractivity contribution is -0.0214. The van der Waals surface area contributed by atoms with Crippen molar-refractivity contribution in [3.63, 3.8) is 0 Å². The van der Waals surface area contributed by atoms with Crippen molar-refractivity contribution < 1.29 is 13.5 Å². The summed E-state index contributed by atoms with van der Waals surface area (Å²) in [7, 11) is 0. The van der Waals surface area contributed by atoms with Crippen LogP contribution >= 0.6 is 0 Å². The Labute approximate surface area is 171 Å². The molecule has 0 bridgehead atoms. The molecule has 30 heavy (non-hydrogen) atoms. The number of para-hydroxylation sites is 1. The number of aryl methyl sites for hydroxylation is 1. The molecular weight excluding hydrogens is 390 g/mol. The number of rotatable bonds is 4. The highest BCUT2D eigenvalue weighted by atomic mass is 19.3. The molecule has 1 N–H and O–H groups in total. The third-order valence-electron chi connectivity index (χ3n) is 6.06. The zero-order valence-corrected chi connectivity index (χ0v) is 17.0. The van der Waals surface area contributed by atoms with E-state index in [1.54, 1.807) is 29.8 Å². The van der Waals surface area contributed by atoms with Gasteiger partial charge in [0.1, 0.15) is 17.4 Å². The minimum atomic E-state index is -2.99. The lowest BCUT2D eigenvalue weighted by atomic mass is 10.0. The molecule has 3 heterocycles. The Balaban J connectivity index is 1.58. The number of halogens is 2. The zero-order valence-electron chi connectivity index (χ0n) is 17.0. The number of hydrogen-bond donors (Lipinski definition) is 1. The summed E-state index contributed by atoms with van der Waals surface area (Å²) in [5.41, 5.74) is 0.850. The fraction of sp³-hybridized carbons (Fsp3) is 0.409. The molecule has 1 saturated carbocycles. The first-order valence-electron chi connectivity index (χ1n) is 10.0. The molecule has 1 aliphatic heterocycles. The van der Waals surface area contributed by atoms with Crippen molar-refractivity contribution in [1.29, 1.82) is 0 Å². The predicted molar refractivity (Wildman–Crippen MR) is 109 cm³/mol. The van der Waals surface area contributed by atoms with E-state index in [4.69, 9.17) is 4.74 Å². The molecule has 3 aromatic rings. The molecule has 1 fully saturated rings. The van der Waals surface area contributed by atoms with Crippen molar-refractivity contribution in [2.24, 2.45) is 0 Å². The second kappa shape index (κ2) is 6.23. The summed E-state index contributed by atoms with van der Waals surface area (Å²) in [6.07, 6.45) is 3.71. The minimum absolute atomic E-state index is 0.0869. The molecule has 0 spiro atoms. The highest BCUT2D eigenvalue weighted by Crippen LogP contribution is 2.45. The molecule has 8 heteroatoms. The molecule has 2 aliphatic rings. The van der Waals surface area contributed by atoms with E-state index in [2.05, 4.69) is 22.2 Å². The maximum atomic E-state index is 14.1. The van der Waals surface area contributed by atoms with Crippen LogP contribution < -0.4 is 15.6 Å². The normalized spacial score (nSPS) is 19.2. The van der Waals surface area contributed by atoms with Gasteiger partial charge < -0.3 is 14.6 Å². The number of ether oxygens (including phenoxy) is 1. The second-order valence-electron chi connectivity index (χ2n) is 8.48. The molecule has 6 nitrogen and oxygen atoms in total. The molecule has 0 radical (unpaired) electrons. The van der Waals surface area contributed by atoms with Gasteiger partial charge in [-0.05, 0) is 39.7 Å². The Morgan fingerprint density at radius 2 is 2.03 bits per heavy atom. The van der Waals surface area contributed by atoms with E-state index in [0.717, 1.165) is 18.2 Å². The standard InChI is InChI=1S/C22H22F2N4O2/c1-12(14-5-4-6-16-19(14)30-11-22(16,23)24)25-20-15-10-28(21(3)7-8-21)18(29)9-17(15)26-13(2)27-20/h4-6,9-10,12H,7-8,11H2,1-3H3,(H,25,26,27)/t12-/m1/s1. The van der Waals surface area contributed by atoms with Crippen molar-refractivity contribution in [3.05, 3.63) is 57.8 Å². The topological polar surface area (TPSA) is 69.0 Å². The fourth-order valence-electron chi connectivity index (χ4n) is 4.04. The van der Waals surface area contributed by atoms with Crippen molar-refractivity contribution in [2.45, 2.75) is 51.1 Å². The van der Waals surface area contributed by atoms with Crippen molar-refractivity contribution in [1.82, 2.24) is 14.5 Å². The van der Waals surface area contributed by atoms with Crippen LogP contribution in [-0.4, -0.2) is 21.1 Å². The van der Waals surface area contributed by atoms with E-state index < -0.39 is 12.5 Å². The Morgan fingerprint density at radius 3 is 2.77 bits per heavy atom. The average molecular weight is 412 g/mol. The monoisotopic (exact) mass is 412 g/mol. The van der Waals surface area contributed by atoms with Gasteiger partial charge in [-0.25, -0.2) is 9.97 Å². The molecule has 5 rings (SSSR count). The summed E-state index contributed by atoms with van der Waals surface area (Å²) in [6, 6.07) is 5.98. The third-order valence-corrected chi connectivity index (χ3v) is 6.06. The van der Waals surface area contributed by atoms with Crippen LogP contribution in [0.15, 0.2) is 35.3 Å². The number of aromatic nitrogens is 3. The summed E-state index contributed by atoms with van der Waals surface area (Å²) in [5.74, 6) is -1.68. The maximum absolute atomic E-state index is 14.1. The number of fused-ring (bicyclic) bond motifs is 2. The van der Waals surface area contributed by atoms with E-state index in [0.29, 0.717) is 22.7 Å². The number of anilines is 1. The van der Waals surface area contributed by atoms with E-state index in [1.165, 1.54) is 12.1 Å². The van der Waals surface area contributed by atoms with E-state index in [-0.39, 0.29) is 28.5 Å². The zero-order chi connectivity index (χ0) is 21.3. The lowest BCUT2D eigenvalue weighted by Gasteiger charge is -2.20. The first-order chi connectivity index (χ1) is 14.2. The highest BCUT2D eigenvalue weighted by molar-refractivity contribution is 5.88. The van der Waals surface area contributed by atoms with Gasteiger partial charge >= 0.3 is 5.92 Å². The second-order valence-corrected chi connectivity index (χ2v) is 8.48. The Kier molecular flexibility index (Phi) is 3.94. The number of alkyl halides is 2. The average Bonchev–Trinajstić information content (AvgIpc) is 3.35. The predicted octanol–water partition coefficient (Wildman–Crippen LogP) is 4.27. The van der Waals surface area contributed by atoms with Crippen LogP contribution in [0.1, 0.15) is 49.7 Å². The number of nitrogens with one attached hydrogen (secondary N) is 1. The van der Waals surface area contributed by atoms with Gasteiger partial charge in [0.05, 0.1) is 22.5 Å². The molecule has 0 saturated heterocycles. The van der Waals surface area contributed by atoms with E-state index >= 15 is 0 Å². The fourth-order valence-corrected chi connectivity index (χ4v) is 4.04. The molecule has 1 atom stereocenters. The van der Waals surface area contributed by atoms with Gasteiger partial charge in [0.25, 0.3) is 5.56 Å². The quantitative estimate of drug-likeness (QED) is 0.693. The van der Waals surface area contributed by atoms with Gasteiger partial charge in [0.15, 0.2) is 6.61 Å². The first kappa shape index (κ1) is 19.0. The molecule has 0 unspecified atom stereocenters. The van der Waals surface area contributed by atoms with Crippen LogP contribution in [0.5, 0.6) is 5.75 Å². The summed E-state index contributed by atoms with van der Waals surface area (Å²) in [4.78, 5) is 21.5. The van der Waals surface area contributed by atoms with Gasteiger partial charge in [0.2, 0.25) is 0 Å².